The fourth-order valence-electron chi connectivity index (χ4n) is 0.821. The van der Waals surface area contributed by atoms with E-state index in [1.165, 1.54) is 0 Å². The van der Waals surface area contributed by atoms with Crippen LogP contribution in [0.1, 0.15) is 37.0 Å². The highest BCUT2D eigenvalue weighted by atomic mass is 16.6. The number of aromatic carboxylic acids is 1. The molecule has 0 fully saturated rings. The topological polar surface area (TPSA) is 76.2 Å². The summed E-state index contributed by atoms with van der Waals surface area (Å²) in [6.07, 6.45) is 0. The Kier molecular flexibility index (Phi) is 1.87. The third-order valence-electron chi connectivity index (χ3n) is 1.40. The van der Waals surface area contributed by atoms with E-state index >= 15 is 0 Å². The van der Waals surface area contributed by atoms with E-state index in [0.717, 1.165) is 0 Å². The van der Waals surface area contributed by atoms with Crippen molar-refractivity contribution < 1.29 is 14.5 Å². The first-order chi connectivity index (χ1) is 5.43. The molecule has 66 valence electrons. The van der Waals surface area contributed by atoms with Gasteiger partial charge in [0.25, 0.3) is 0 Å². The van der Waals surface area contributed by atoms with Gasteiger partial charge < -0.3 is 5.11 Å². The minimum absolute atomic E-state index is 0.109. The van der Waals surface area contributed by atoms with Crippen molar-refractivity contribution in [1.29, 1.82) is 0 Å². The van der Waals surface area contributed by atoms with E-state index in [1.54, 1.807) is 0 Å². The number of carboxylic acids is 1. The van der Waals surface area contributed by atoms with Gasteiger partial charge in [-0.2, -0.15) is 0 Å². The lowest BCUT2D eigenvalue weighted by Crippen LogP contribution is -2.16. The lowest BCUT2D eigenvalue weighted by atomic mass is 9.91. The van der Waals surface area contributed by atoms with E-state index in [9.17, 15) is 4.79 Å². The van der Waals surface area contributed by atoms with Crippen LogP contribution in [0.15, 0.2) is 4.63 Å². The highest BCUT2D eigenvalue weighted by molar-refractivity contribution is 5.86. The molecule has 0 atom stereocenters. The van der Waals surface area contributed by atoms with Crippen molar-refractivity contribution in [2.45, 2.75) is 26.2 Å². The average molecular weight is 170 g/mol. The lowest BCUT2D eigenvalue weighted by molar-refractivity contribution is 0.0683. The molecule has 0 spiro atoms. The maximum Gasteiger partial charge on any atom is 0.360 e. The quantitative estimate of drug-likeness (QED) is 0.682. The third-order valence-corrected chi connectivity index (χ3v) is 1.40. The number of carboxylic acid groups (broad SMARTS) is 1. The normalized spacial score (nSPS) is 11.6. The van der Waals surface area contributed by atoms with Crippen LogP contribution in [0.2, 0.25) is 0 Å². The molecule has 0 saturated carbocycles. The van der Waals surface area contributed by atoms with Crippen molar-refractivity contribution in [3.63, 3.8) is 0 Å². The lowest BCUT2D eigenvalue weighted by Gasteiger charge is -2.13. The molecule has 0 saturated heterocycles. The Bertz CT molecular complexity index is 298. The van der Waals surface area contributed by atoms with Crippen molar-refractivity contribution in [3.8, 4) is 0 Å². The van der Waals surface area contributed by atoms with Gasteiger partial charge in [0.2, 0.25) is 5.69 Å². The standard InChI is InChI=1S/C7H10N2O3/c1-7(2,3)5-4(6(10)11)8-12-9-5/h1-3H3,(H,10,11). The molecule has 12 heavy (non-hydrogen) atoms. The molecule has 0 aliphatic heterocycles. The van der Waals surface area contributed by atoms with Crippen molar-refractivity contribution in [2.24, 2.45) is 0 Å². The summed E-state index contributed by atoms with van der Waals surface area (Å²) in [5.41, 5.74) is -0.0919. The third kappa shape index (κ3) is 1.44. The molecular formula is C7H10N2O3. The zero-order valence-electron chi connectivity index (χ0n) is 7.16. The predicted octanol–water partition coefficient (Wildman–Crippen LogP) is 1.07. The van der Waals surface area contributed by atoms with E-state index in [0.29, 0.717) is 5.69 Å². The van der Waals surface area contributed by atoms with E-state index < -0.39 is 5.97 Å². The number of aromatic nitrogens is 2. The van der Waals surface area contributed by atoms with Crippen LogP contribution in [0.4, 0.5) is 0 Å². The van der Waals surface area contributed by atoms with Crippen molar-refractivity contribution in [1.82, 2.24) is 10.3 Å². The Morgan fingerprint density at radius 3 is 2.33 bits per heavy atom. The van der Waals surface area contributed by atoms with Crippen LogP contribution < -0.4 is 0 Å². The number of hydrogen-bond acceptors (Lipinski definition) is 4. The summed E-state index contributed by atoms with van der Waals surface area (Å²) in [6.45, 7) is 5.54. The van der Waals surface area contributed by atoms with E-state index in [1.807, 2.05) is 20.8 Å². The van der Waals surface area contributed by atoms with Gasteiger partial charge in [0, 0.05) is 5.41 Å². The first-order valence-corrected chi connectivity index (χ1v) is 3.49. The summed E-state index contributed by atoms with van der Waals surface area (Å²) < 4.78 is 4.35. The molecule has 0 aliphatic rings. The fraction of sp³-hybridized carbons (Fsp3) is 0.571. The molecule has 0 radical (unpaired) electrons. The second-order valence-electron chi connectivity index (χ2n) is 3.52. The molecule has 1 heterocycles. The molecular weight excluding hydrogens is 160 g/mol. The summed E-state index contributed by atoms with van der Waals surface area (Å²) in [7, 11) is 0. The first-order valence-electron chi connectivity index (χ1n) is 3.49. The van der Waals surface area contributed by atoms with Gasteiger partial charge in [-0.25, -0.2) is 9.42 Å². The summed E-state index contributed by atoms with van der Waals surface area (Å²) >= 11 is 0. The van der Waals surface area contributed by atoms with Gasteiger partial charge in [0.1, 0.15) is 5.69 Å². The predicted molar refractivity (Wildman–Crippen MR) is 40.0 cm³/mol. The SMILES string of the molecule is CC(C)(C)c1nonc1C(=O)O. The molecule has 5 nitrogen and oxygen atoms in total. The minimum Gasteiger partial charge on any atom is -0.476 e. The smallest absolute Gasteiger partial charge is 0.360 e. The number of nitrogens with zero attached hydrogens (tertiary/aromatic N) is 2. The van der Waals surface area contributed by atoms with Gasteiger partial charge in [-0.05, 0) is 5.16 Å². The van der Waals surface area contributed by atoms with Gasteiger partial charge in [0.15, 0.2) is 0 Å². The van der Waals surface area contributed by atoms with E-state index in [4.69, 9.17) is 5.11 Å². The van der Waals surface area contributed by atoms with Gasteiger partial charge in [-0.15, -0.1) is 0 Å². The Balaban J connectivity index is 3.17. The highest BCUT2D eigenvalue weighted by Gasteiger charge is 2.27. The Morgan fingerprint density at radius 2 is 2.00 bits per heavy atom. The monoisotopic (exact) mass is 170 g/mol. The number of hydrogen-bond donors (Lipinski definition) is 1. The zero-order valence-corrected chi connectivity index (χ0v) is 7.16. The van der Waals surface area contributed by atoms with Crippen LogP contribution >= 0.6 is 0 Å². The van der Waals surface area contributed by atoms with Gasteiger partial charge >= 0.3 is 5.97 Å². The highest BCUT2D eigenvalue weighted by Crippen LogP contribution is 2.22. The van der Waals surface area contributed by atoms with Crippen molar-refractivity contribution in [2.75, 3.05) is 0 Å². The molecule has 1 aromatic rings. The second kappa shape index (κ2) is 2.58. The Hall–Kier alpha value is -1.39. The van der Waals surface area contributed by atoms with E-state index in [2.05, 4.69) is 14.9 Å². The van der Waals surface area contributed by atoms with Crippen LogP contribution in [0.25, 0.3) is 0 Å². The van der Waals surface area contributed by atoms with Crippen LogP contribution in [-0.4, -0.2) is 21.4 Å². The summed E-state index contributed by atoms with van der Waals surface area (Å²) in [6, 6.07) is 0. The van der Waals surface area contributed by atoms with Crippen LogP contribution in [0.5, 0.6) is 0 Å². The average Bonchev–Trinajstić information content (AvgIpc) is 2.30. The summed E-state index contributed by atoms with van der Waals surface area (Å²) in [4.78, 5) is 10.6. The van der Waals surface area contributed by atoms with Crippen molar-refractivity contribution in [3.05, 3.63) is 11.4 Å². The molecule has 0 aliphatic carbocycles. The summed E-state index contributed by atoms with van der Waals surface area (Å²) in [5.74, 6) is -1.11. The second-order valence-corrected chi connectivity index (χ2v) is 3.52. The van der Waals surface area contributed by atoms with Gasteiger partial charge in [-0.1, -0.05) is 25.9 Å². The Labute approximate surface area is 69.3 Å². The molecule has 0 aromatic carbocycles. The van der Waals surface area contributed by atoms with E-state index in [-0.39, 0.29) is 11.1 Å². The largest absolute Gasteiger partial charge is 0.476 e. The van der Waals surface area contributed by atoms with Gasteiger partial charge in [-0.3, -0.25) is 0 Å². The molecule has 0 unspecified atom stereocenters. The minimum atomic E-state index is -1.11. The van der Waals surface area contributed by atoms with Crippen molar-refractivity contribution >= 4 is 5.97 Å². The van der Waals surface area contributed by atoms with Gasteiger partial charge in [0.05, 0.1) is 0 Å². The maximum atomic E-state index is 10.6. The molecule has 1 N–H and O–H groups in total. The first kappa shape index (κ1) is 8.70. The van der Waals surface area contributed by atoms with Crippen LogP contribution in [-0.2, 0) is 5.41 Å². The molecule has 5 heteroatoms. The zero-order chi connectivity index (χ0) is 9.35. The fourth-order valence-corrected chi connectivity index (χ4v) is 0.821. The molecule has 0 bridgehead atoms. The molecule has 1 aromatic heterocycles. The molecule has 0 amide bonds. The number of carbonyl (C=O) groups is 1. The Morgan fingerprint density at radius 1 is 1.42 bits per heavy atom. The van der Waals surface area contributed by atoms with Crippen LogP contribution in [0.3, 0.4) is 0 Å². The molecule has 1 rings (SSSR count). The van der Waals surface area contributed by atoms with Crippen LogP contribution in [0, 0.1) is 0 Å². The maximum absolute atomic E-state index is 10.6. The number of rotatable bonds is 1. The summed E-state index contributed by atoms with van der Waals surface area (Å²) in [5, 5.41) is 15.5.